The molecule has 1 fully saturated rings. The molecule has 15 heavy (non-hydrogen) atoms. The maximum absolute atomic E-state index is 9.56. The summed E-state index contributed by atoms with van der Waals surface area (Å²) in [6.45, 7) is 2.69. The molecule has 5 nitrogen and oxygen atoms in total. The summed E-state index contributed by atoms with van der Waals surface area (Å²) in [4.78, 5) is 9.28. The van der Waals surface area contributed by atoms with Crippen LogP contribution < -0.4 is 21.7 Å². The SMILES string of the molecule is CC([O-])C(=O)[O-].NCC1CCC1CN.[Pt+4]. The van der Waals surface area contributed by atoms with Crippen LogP contribution in [0.15, 0.2) is 0 Å². The van der Waals surface area contributed by atoms with Gasteiger partial charge in [-0.25, -0.2) is 0 Å². The summed E-state index contributed by atoms with van der Waals surface area (Å²) in [6, 6.07) is 0. The van der Waals surface area contributed by atoms with E-state index in [1.54, 1.807) is 0 Å². The van der Waals surface area contributed by atoms with Gasteiger partial charge in [0.1, 0.15) is 0 Å². The normalized spacial score (nSPS) is 25.1. The third-order valence-electron chi connectivity index (χ3n) is 2.51. The van der Waals surface area contributed by atoms with Crippen molar-refractivity contribution in [3.8, 4) is 0 Å². The van der Waals surface area contributed by atoms with Gasteiger partial charge in [-0.3, -0.25) is 0 Å². The average molecular weight is 397 g/mol. The van der Waals surface area contributed by atoms with Gasteiger partial charge in [-0.2, -0.15) is 0 Å². The van der Waals surface area contributed by atoms with E-state index >= 15 is 0 Å². The number of hydrogen-bond donors (Lipinski definition) is 2. The minimum atomic E-state index is -1.59. The van der Waals surface area contributed by atoms with Crippen LogP contribution in [0.3, 0.4) is 0 Å². The Labute approximate surface area is 104 Å². The van der Waals surface area contributed by atoms with Crippen molar-refractivity contribution in [3.05, 3.63) is 0 Å². The Morgan fingerprint density at radius 3 is 1.67 bits per heavy atom. The molecular weight excluding hydrogens is 379 g/mol. The van der Waals surface area contributed by atoms with Crippen molar-refractivity contribution in [1.29, 1.82) is 0 Å². The molecule has 3 atom stereocenters. The Morgan fingerprint density at radius 2 is 1.60 bits per heavy atom. The van der Waals surface area contributed by atoms with Crippen LogP contribution in [-0.4, -0.2) is 25.2 Å². The van der Waals surface area contributed by atoms with Crippen LogP contribution >= 0.6 is 0 Å². The fourth-order valence-corrected chi connectivity index (χ4v) is 1.26. The van der Waals surface area contributed by atoms with Crippen LogP contribution in [-0.2, 0) is 25.9 Å². The molecule has 0 heterocycles. The van der Waals surface area contributed by atoms with Crippen LogP contribution in [0.1, 0.15) is 19.8 Å². The van der Waals surface area contributed by atoms with Gasteiger partial charge in [-0.05, 0) is 37.8 Å². The number of hydrogen-bond acceptors (Lipinski definition) is 5. The number of carbonyl (C=O) groups is 1. The standard InChI is InChI=1S/C6H14N2.C3H5O3.Pt/c7-3-5-1-2-6(5)4-8;1-2(4)3(5)6;/h5-6H,1-4,7-8H2;2H,1H3,(H,5,6);/q;-1;+4/p-1. The predicted octanol–water partition coefficient (Wildman–Crippen LogP) is -2.59. The molecule has 0 aromatic rings. The second kappa shape index (κ2) is 9.28. The fourth-order valence-electron chi connectivity index (χ4n) is 1.26. The van der Waals surface area contributed by atoms with Gasteiger partial charge in [0.15, 0.2) is 0 Å². The number of carbonyl (C=O) groups excluding carboxylic acids is 1. The van der Waals surface area contributed by atoms with E-state index in [0.29, 0.717) is 0 Å². The van der Waals surface area contributed by atoms with E-state index in [9.17, 15) is 15.0 Å². The molecule has 1 aliphatic carbocycles. The van der Waals surface area contributed by atoms with Crippen LogP contribution in [0.25, 0.3) is 0 Å². The number of aliphatic carboxylic acids is 1. The van der Waals surface area contributed by atoms with Crippen LogP contribution in [0.5, 0.6) is 0 Å². The van der Waals surface area contributed by atoms with Crippen molar-refractivity contribution >= 4 is 5.97 Å². The van der Waals surface area contributed by atoms with Gasteiger partial charge in [0, 0.05) is 5.97 Å². The van der Waals surface area contributed by atoms with E-state index in [-0.39, 0.29) is 21.1 Å². The number of carboxylic acids is 1. The summed E-state index contributed by atoms with van der Waals surface area (Å²) in [7, 11) is 0. The van der Waals surface area contributed by atoms with Gasteiger partial charge in [0.2, 0.25) is 0 Å². The zero-order chi connectivity index (χ0) is 11.1. The third-order valence-corrected chi connectivity index (χ3v) is 2.51. The average Bonchev–Trinajstić information content (AvgIpc) is 2.05. The molecule has 0 bridgehead atoms. The Kier molecular flexibility index (Phi) is 10.8. The molecule has 4 N–H and O–H groups in total. The largest absolute Gasteiger partial charge is 4.00 e. The van der Waals surface area contributed by atoms with Gasteiger partial charge in [-0.15, -0.1) is 0 Å². The first kappa shape index (κ1) is 17.4. The van der Waals surface area contributed by atoms with Crippen molar-refractivity contribution in [2.24, 2.45) is 23.3 Å². The maximum Gasteiger partial charge on any atom is 4.00 e. The first-order valence-corrected chi connectivity index (χ1v) is 4.79. The molecule has 1 aliphatic rings. The van der Waals surface area contributed by atoms with E-state index < -0.39 is 12.1 Å². The molecular formula is C9H18N2O3Pt+2. The van der Waals surface area contributed by atoms with E-state index in [1.807, 2.05) is 0 Å². The fraction of sp³-hybridized carbons (Fsp3) is 0.889. The molecule has 0 saturated heterocycles. The van der Waals surface area contributed by atoms with Crippen LogP contribution in [0.4, 0.5) is 0 Å². The first-order valence-electron chi connectivity index (χ1n) is 4.79. The Hall–Kier alpha value is 0.0383. The molecule has 3 unspecified atom stereocenters. The Morgan fingerprint density at radius 1 is 1.33 bits per heavy atom. The van der Waals surface area contributed by atoms with E-state index in [4.69, 9.17) is 11.5 Å². The summed E-state index contributed by atoms with van der Waals surface area (Å²) in [5, 5.41) is 18.8. The smallest absolute Gasteiger partial charge is 0.848 e. The van der Waals surface area contributed by atoms with E-state index in [0.717, 1.165) is 31.8 Å². The minimum Gasteiger partial charge on any atom is -0.848 e. The Balaban J connectivity index is 0. The third kappa shape index (κ3) is 7.01. The summed E-state index contributed by atoms with van der Waals surface area (Å²) in [5.41, 5.74) is 10.9. The molecule has 0 aliphatic heterocycles. The molecule has 0 radical (unpaired) electrons. The summed E-state index contributed by atoms with van der Waals surface area (Å²) < 4.78 is 0. The number of nitrogens with two attached hydrogens (primary N) is 2. The van der Waals surface area contributed by atoms with Crippen molar-refractivity contribution in [1.82, 2.24) is 0 Å². The zero-order valence-electron chi connectivity index (χ0n) is 8.76. The number of carboxylic acid groups (broad SMARTS) is 1. The Bertz CT molecular complexity index is 165. The topological polar surface area (TPSA) is 115 Å². The van der Waals surface area contributed by atoms with Gasteiger partial charge in [0.25, 0.3) is 0 Å². The predicted molar refractivity (Wildman–Crippen MR) is 48.8 cm³/mol. The molecule has 90 valence electrons. The van der Waals surface area contributed by atoms with Crippen molar-refractivity contribution < 1.29 is 36.1 Å². The molecule has 0 spiro atoms. The molecule has 1 rings (SSSR count). The molecule has 0 aromatic carbocycles. The maximum atomic E-state index is 9.56. The molecule has 1 saturated carbocycles. The van der Waals surface area contributed by atoms with E-state index in [2.05, 4.69) is 0 Å². The summed E-state index contributed by atoms with van der Waals surface area (Å²) >= 11 is 0. The van der Waals surface area contributed by atoms with Crippen molar-refractivity contribution in [2.75, 3.05) is 13.1 Å². The van der Waals surface area contributed by atoms with E-state index in [1.165, 1.54) is 12.8 Å². The molecule has 0 amide bonds. The second-order valence-electron chi connectivity index (χ2n) is 3.53. The molecule has 6 heteroatoms. The van der Waals surface area contributed by atoms with Crippen LogP contribution in [0.2, 0.25) is 0 Å². The van der Waals surface area contributed by atoms with Gasteiger partial charge in [0.05, 0.1) is 0 Å². The minimum absolute atomic E-state index is 0. The summed E-state index contributed by atoms with van der Waals surface area (Å²) in [5.74, 6) is -0.0463. The number of rotatable bonds is 3. The van der Waals surface area contributed by atoms with Gasteiger partial charge >= 0.3 is 21.1 Å². The van der Waals surface area contributed by atoms with Crippen molar-refractivity contribution in [3.63, 3.8) is 0 Å². The first-order chi connectivity index (χ1) is 6.52. The molecule has 0 aromatic heterocycles. The van der Waals surface area contributed by atoms with Gasteiger partial charge in [-0.1, -0.05) is 13.0 Å². The second-order valence-corrected chi connectivity index (χ2v) is 3.53. The zero-order valence-corrected chi connectivity index (χ0v) is 11.0. The van der Waals surface area contributed by atoms with Gasteiger partial charge < -0.3 is 26.5 Å². The van der Waals surface area contributed by atoms with Crippen LogP contribution in [0, 0.1) is 11.8 Å². The quantitative estimate of drug-likeness (QED) is 0.543. The monoisotopic (exact) mass is 397 g/mol. The van der Waals surface area contributed by atoms with Crippen molar-refractivity contribution in [2.45, 2.75) is 25.9 Å². The summed E-state index contributed by atoms with van der Waals surface area (Å²) in [6.07, 6.45) is 1.02.